The van der Waals surface area contributed by atoms with Crippen molar-refractivity contribution in [3.05, 3.63) is 58.1 Å². The van der Waals surface area contributed by atoms with Crippen molar-refractivity contribution in [2.45, 2.75) is 45.0 Å². The molecule has 0 bridgehead atoms. The van der Waals surface area contributed by atoms with Crippen LogP contribution in [0.1, 0.15) is 38.9 Å². The highest BCUT2D eigenvalue weighted by Gasteiger charge is 2.63. The molecule has 3 rings (SSSR count). The molecule has 1 aliphatic carbocycles. The maximum absolute atomic E-state index is 12.6. The van der Waals surface area contributed by atoms with Gasteiger partial charge in [-0.2, -0.15) is 0 Å². The SMILES string of the molecule is C=C(C)[C@H]1CC=C(C)[C@@]2(O)[C@@H]1[C@H](c1cccc(Br)c1)O[C@@H]2C(=O)OCC. The summed E-state index contributed by atoms with van der Waals surface area (Å²) in [5.74, 6) is -0.798. The molecule has 1 aromatic carbocycles. The van der Waals surface area contributed by atoms with E-state index in [9.17, 15) is 9.90 Å². The summed E-state index contributed by atoms with van der Waals surface area (Å²) in [6.07, 6.45) is 1.30. The Bertz CT molecular complexity index is 756. The summed E-state index contributed by atoms with van der Waals surface area (Å²) < 4.78 is 12.3. The third-order valence-electron chi connectivity index (χ3n) is 5.57. The van der Waals surface area contributed by atoms with Gasteiger partial charge in [-0.05, 0) is 56.4 Å². The van der Waals surface area contributed by atoms with Gasteiger partial charge in [0, 0.05) is 10.4 Å². The van der Waals surface area contributed by atoms with Crippen molar-refractivity contribution in [1.29, 1.82) is 0 Å². The van der Waals surface area contributed by atoms with Crippen LogP contribution in [0.5, 0.6) is 0 Å². The largest absolute Gasteiger partial charge is 0.464 e. The summed E-state index contributed by atoms with van der Waals surface area (Å²) in [4.78, 5) is 12.6. The molecule has 1 N–H and O–H groups in total. The predicted molar refractivity (Wildman–Crippen MR) is 104 cm³/mol. The fraction of sp³-hybridized carbons (Fsp3) is 0.476. The fourth-order valence-electron chi connectivity index (χ4n) is 4.27. The predicted octanol–water partition coefficient (Wildman–Crippen LogP) is 4.34. The van der Waals surface area contributed by atoms with E-state index in [1.165, 1.54) is 0 Å². The van der Waals surface area contributed by atoms with Crippen molar-refractivity contribution in [1.82, 2.24) is 0 Å². The Morgan fingerprint density at radius 3 is 2.85 bits per heavy atom. The van der Waals surface area contributed by atoms with E-state index in [1.54, 1.807) is 6.92 Å². The van der Waals surface area contributed by atoms with Crippen LogP contribution in [0.4, 0.5) is 0 Å². The first kappa shape index (κ1) is 19.3. The van der Waals surface area contributed by atoms with Gasteiger partial charge in [-0.15, -0.1) is 0 Å². The van der Waals surface area contributed by atoms with Gasteiger partial charge in [0.05, 0.1) is 12.7 Å². The third-order valence-corrected chi connectivity index (χ3v) is 6.06. The molecular weight excluding hydrogens is 396 g/mol. The number of halogens is 1. The normalized spacial score (nSPS) is 33.3. The molecular formula is C21H25BrO4. The summed E-state index contributed by atoms with van der Waals surface area (Å²) in [6, 6.07) is 7.81. The number of hydrogen-bond acceptors (Lipinski definition) is 4. The lowest BCUT2D eigenvalue weighted by Crippen LogP contribution is -2.53. The van der Waals surface area contributed by atoms with E-state index in [0.29, 0.717) is 0 Å². The summed E-state index contributed by atoms with van der Waals surface area (Å²) in [5.41, 5.74) is 1.26. The van der Waals surface area contributed by atoms with Crippen molar-refractivity contribution >= 4 is 21.9 Å². The summed E-state index contributed by atoms with van der Waals surface area (Å²) in [5, 5.41) is 11.7. The van der Waals surface area contributed by atoms with E-state index in [-0.39, 0.29) is 18.4 Å². The zero-order valence-electron chi connectivity index (χ0n) is 15.4. The van der Waals surface area contributed by atoms with E-state index in [0.717, 1.165) is 27.6 Å². The zero-order valence-corrected chi connectivity index (χ0v) is 17.0. The maximum atomic E-state index is 12.6. The van der Waals surface area contributed by atoms with Crippen LogP contribution in [-0.4, -0.2) is 29.4 Å². The second-order valence-corrected chi connectivity index (χ2v) is 8.09. The molecule has 140 valence electrons. The van der Waals surface area contributed by atoms with Crippen LogP contribution in [0.25, 0.3) is 0 Å². The number of fused-ring (bicyclic) bond motifs is 1. The molecule has 4 nitrogen and oxygen atoms in total. The average molecular weight is 421 g/mol. The first-order valence-electron chi connectivity index (χ1n) is 8.93. The second-order valence-electron chi connectivity index (χ2n) is 7.17. The Kier molecular flexibility index (Phi) is 5.42. The molecule has 0 spiro atoms. The first-order valence-corrected chi connectivity index (χ1v) is 9.72. The van der Waals surface area contributed by atoms with Gasteiger partial charge in [0.25, 0.3) is 0 Å². The Balaban J connectivity index is 2.13. The molecule has 0 amide bonds. The molecule has 5 atom stereocenters. The van der Waals surface area contributed by atoms with Crippen LogP contribution < -0.4 is 0 Å². The highest BCUT2D eigenvalue weighted by Crippen LogP contribution is 2.56. The average Bonchev–Trinajstić information content (AvgIpc) is 2.90. The van der Waals surface area contributed by atoms with Gasteiger partial charge in [-0.1, -0.05) is 46.3 Å². The first-order chi connectivity index (χ1) is 12.3. The number of carbonyl (C=O) groups is 1. The Hall–Kier alpha value is -1.43. The van der Waals surface area contributed by atoms with E-state index in [1.807, 2.05) is 44.2 Å². The number of hydrogen-bond donors (Lipinski definition) is 1. The lowest BCUT2D eigenvalue weighted by Gasteiger charge is -2.42. The minimum atomic E-state index is -1.40. The number of rotatable bonds is 4. The molecule has 2 aliphatic rings. The Morgan fingerprint density at radius 2 is 2.23 bits per heavy atom. The lowest BCUT2D eigenvalue weighted by molar-refractivity contribution is -0.164. The summed E-state index contributed by atoms with van der Waals surface area (Å²) in [7, 11) is 0. The van der Waals surface area contributed by atoms with E-state index >= 15 is 0 Å². The van der Waals surface area contributed by atoms with Gasteiger partial charge in [-0.3, -0.25) is 0 Å². The molecule has 5 heteroatoms. The van der Waals surface area contributed by atoms with Crippen molar-refractivity contribution < 1.29 is 19.4 Å². The number of aliphatic hydroxyl groups is 1. The van der Waals surface area contributed by atoms with E-state index in [2.05, 4.69) is 22.5 Å². The van der Waals surface area contributed by atoms with E-state index < -0.39 is 23.8 Å². The van der Waals surface area contributed by atoms with Crippen LogP contribution >= 0.6 is 15.9 Å². The zero-order chi connectivity index (χ0) is 19.1. The molecule has 0 radical (unpaired) electrons. The second kappa shape index (κ2) is 7.29. The molecule has 1 heterocycles. The molecule has 1 aromatic rings. The smallest absolute Gasteiger partial charge is 0.338 e. The number of esters is 1. The molecule has 1 fully saturated rings. The standard InChI is InChI=1S/C21H25BrO4/c1-5-25-20(23)19-21(24)13(4)9-10-16(12(2)3)17(21)18(26-19)14-7-6-8-15(22)11-14/h6-9,11,16-19,24H,2,5,10H2,1,3-4H3/t16-,17+,18+,19-,21-/m1/s1. The molecule has 26 heavy (non-hydrogen) atoms. The van der Waals surface area contributed by atoms with Gasteiger partial charge in [0.15, 0.2) is 6.10 Å². The van der Waals surface area contributed by atoms with Crippen molar-refractivity contribution in [2.24, 2.45) is 11.8 Å². The quantitative estimate of drug-likeness (QED) is 0.581. The fourth-order valence-corrected chi connectivity index (χ4v) is 4.69. The lowest BCUT2D eigenvalue weighted by atomic mass is 9.64. The van der Waals surface area contributed by atoms with Crippen LogP contribution in [0.3, 0.4) is 0 Å². The van der Waals surface area contributed by atoms with Crippen LogP contribution in [0, 0.1) is 11.8 Å². The molecule has 1 saturated heterocycles. The minimum Gasteiger partial charge on any atom is -0.464 e. The van der Waals surface area contributed by atoms with Gasteiger partial charge in [0.2, 0.25) is 0 Å². The summed E-state index contributed by atoms with van der Waals surface area (Å²) in [6.45, 7) is 9.95. The maximum Gasteiger partial charge on any atom is 0.338 e. The van der Waals surface area contributed by atoms with Crippen LogP contribution in [0.15, 0.2) is 52.5 Å². The molecule has 0 aromatic heterocycles. The highest BCUT2D eigenvalue weighted by molar-refractivity contribution is 9.10. The van der Waals surface area contributed by atoms with Crippen molar-refractivity contribution in [2.75, 3.05) is 6.61 Å². The number of ether oxygens (including phenoxy) is 2. The topological polar surface area (TPSA) is 55.8 Å². The van der Waals surface area contributed by atoms with Gasteiger partial charge in [0.1, 0.15) is 5.60 Å². The van der Waals surface area contributed by atoms with Gasteiger partial charge in [-0.25, -0.2) is 4.79 Å². The molecule has 0 unspecified atom stereocenters. The summed E-state index contributed by atoms with van der Waals surface area (Å²) >= 11 is 3.50. The van der Waals surface area contributed by atoms with Crippen LogP contribution in [0.2, 0.25) is 0 Å². The number of benzene rings is 1. The Morgan fingerprint density at radius 1 is 1.50 bits per heavy atom. The number of allylic oxidation sites excluding steroid dienone is 2. The molecule has 1 aliphatic heterocycles. The van der Waals surface area contributed by atoms with Crippen molar-refractivity contribution in [3.63, 3.8) is 0 Å². The highest BCUT2D eigenvalue weighted by atomic mass is 79.9. The molecule has 0 saturated carbocycles. The van der Waals surface area contributed by atoms with Crippen molar-refractivity contribution in [3.8, 4) is 0 Å². The minimum absolute atomic E-state index is 0.0205. The van der Waals surface area contributed by atoms with Gasteiger partial charge < -0.3 is 14.6 Å². The monoisotopic (exact) mass is 420 g/mol. The Labute approximate surface area is 163 Å². The third kappa shape index (κ3) is 3.06. The van der Waals surface area contributed by atoms with Gasteiger partial charge >= 0.3 is 5.97 Å². The number of carbonyl (C=O) groups excluding carboxylic acids is 1. The van der Waals surface area contributed by atoms with E-state index in [4.69, 9.17) is 9.47 Å². The van der Waals surface area contributed by atoms with Crippen LogP contribution in [-0.2, 0) is 14.3 Å².